The van der Waals surface area contributed by atoms with E-state index in [0.29, 0.717) is 11.5 Å². The van der Waals surface area contributed by atoms with Crippen molar-refractivity contribution in [2.45, 2.75) is 0 Å². The number of aromatic nitrogens is 2. The van der Waals surface area contributed by atoms with Crippen LogP contribution in [-0.2, 0) is 7.05 Å². The number of halogens is 2. The monoisotopic (exact) mass is 269 g/mol. The average Bonchev–Trinajstić information content (AvgIpc) is 2.72. The van der Waals surface area contributed by atoms with Crippen LogP contribution in [0, 0.1) is 11.6 Å². The van der Waals surface area contributed by atoms with Gasteiger partial charge in [0.1, 0.15) is 5.82 Å². The molecular formula is C12H13F2N3O2. The number of nitrogen functional groups attached to an aromatic ring is 1. The highest BCUT2D eigenvalue weighted by atomic mass is 19.2. The van der Waals surface area contributed by atoms with Gasteiger partial charge in [0.2, 0.25) is 11.6 Å². The first-order valence-corrected chi connectivity index (χ1v) is 5.39. The third kappa shape index (κ3) is 2.07. The smallest absolute Gasteiger partial charge is 0.204 e. The minimum absolute atomic E-state index is 0.0690. The van der Waals surface area contributed by atoms with Gasteiger partial charge in [0.25, 0.3) is 0 Å². The number of rotatable bonds is 3. The summed E-state index contributed by atoms with van der Waals surface area (Å²) in [5.41, 5.74) is 6.31. The number of aryl methyl sites for hydroxylation is 1. The minimum Gasteiger partial charge on any atom is -0.492 e. The first-order chi connectivity index (χ1) is 8.99. The van der Waals surface area contributed by atoms with E-state index in [1.807, 2.05) is 0 Å². The zero-order valence-corrected chi connectivity index (χ0v) is 10.7. The van der Waals surface area contributed by atoms with Crippen LogP contribution in [0.15, 0.2) is 12.1 Å². The highest BCUT2D eigenvalue weighted by Gasteiger charge is 2.22. The maximum absolute atomic E-state index is 13.6. The fourth-order valence-electron chi connectivity index (χ4n) is 1.77. The van der Waals surface area contributed by atoms with Crippen molar-refractivity contribution in [2.24, 2.45) is 7.05 Å². The van der Waals surface area contributed by atoms with Crippen LogP contribution < -0.4 is 15.2 Å². The Kier molecular flexibility index (Phi) is 3.28. The number of nitrogens with zero attached hydrogens (tertiary/aromatic N) is 2. The van der Waals surface area contributed by atoms with Crippen LogP contribution in [-0.4, -0.2) is 24.0 Å². The lowest BCUT2D eigenvalue weighted by Crippen LogP contribution is -2.00. The Balaban J connectivity index is 2.72. The van der Waals surface area contributed by atoms with Gasteiger partial charge in [0, 0.05) is 13.1 Å². The first kappa shape index (κ1) is 13.1. The Morgan fingerprint density at radius 1 is 1.16 bits per heavy atom. The molecule has 0 bridgehead atoms. The zero-order chi connectivity index (χ0) is 14.2. The van der Waals surface area contributed by atoms with Crippen LogP contribution in [0.1, 0.15) is 0 Å². The number of hydrogen-bond acceptors (Lipinski definition) is 4. The summed E-state index contributed by atoms with van der Waals surface area (Å²) in [7, 11) is 4.21. The molecule has 0 amide bonds. The number of ether oxygens (including phenoxy) is 2. The summed E-state index contributed by atoms with van der Waals surface area (Å²) in [5, 5.41) is 4.10. The zero-order valence-electron chi connectivity index (χ0n) is 10.7. The Morgan fingerprint density at radius 3 is 2.26 bits per heavy atom. The van der Waals surface area contributed by atoms with Crippen LogP contribution in [0.25, 0.3) is 11.3 Å². The predicted octanol–water partition coefficient (Wildman–Crippen LogP) is 1.96. The third-order valence-electron chi connectivity index (χ3n) is 2.73. The molecule has 2 aromatic rings. The van der Waals surface area contributed by atoms with E-state index in [-0.39, 0.29) is 17.1 Å². The number of nitrogens with two attached hydrogens (primary N) is 1. The van der Waals surface area contributed by atoms with Crippen LogP contribution in [0.2, 0.25) is 0 Å². The van der Waals surface area contributed by atoms with E-state index in [4.69, 9.17) is 15.2 Å². The minimum atomic E-state index is -1.10. The molecule has 1 heterocycles. The van der Waals surface area contributed by atoms with Gasteiger partial charge in [-0.3, -0.25) is 4.68 Å². The fraction of sp³-hybridized carbons (Fsp3) is 0.250. The average molecular weight is 269 g/mol. The van der Waals surface area contributed by atoms with Crippen LogP contribution in [0.5, 0.6) is 11.5 Å². The quantitative estimate of drug-likeness (QED) is 0.925. The van der Waals surface area contributed by atoms with Crippen molar-refractivity contribution in [2.75, 3.05) is 20.0 Å². The number of methoxy groups -OCH3 is 2. The fourth-order valence-corrected chi connectivity index (χ4v) is 1.77. The van der Waals surface area contributed by atoms with Gasteiger partial charge in [0.05, 0.1) is 25.5 Å². The molecule has 7 heteroatoms. The Bertz CT molecular complexity index is 606. The number of hydrogen-bond donors (Lipinski definition) is 1. The van der Waals surface area contributed by atoms with Gasteiger partial charge in [0.15, 0.2) is 11.6 Å². The molecule has 0 aliphatic heterocycles. The molecule has 0 saturated heterocycles. The lowest BCUT2D eigenvalue weighted by Gasteiger charge is -2.12. The van der Waals surface area contributed by atoms with Gasteiger partial charge in [-0.2, -0.15) is 9.49 Å². The highest BCUT2D eigenvalue weighted by molar-refractivity contribution is 5.73. The maximum Gasteiger partial charge on any atom is 0.204 e. The summed E-state index contributed by atoms with van der Waals surface area (Å²) < 4.78 is 38.5. The molecule has 0 aliphatic carbocycles. The normalized spacial score (nSPS) is 10.6. The Hall–Kier alpha value is -2.31. The molecule has 1 aromatic carbocycles. The predicted molar refractivity (Wildman–Crippen MR) is 66.1 cm³/mol. The van der Waals surface area contributed by atoms with Crippen molar-refractivity contribution < 1.29 is 18.3 Å². The van der Waals surface area contributed by atoms with E-state index in [0.717, 1.165) is 6.07 Å². The molecule has 0 atom stereocenters. The van der Waals surface area contributed by atoms with Crippen LogP contribution in [0.3, 0.4) is 0 Å². The number of benzene rings is 1. The van der Waals surface area contributed by atoms with Gasteiger partial charge in [-0.25, -0.2) is 4.39 Å². The molecule has 0 aliphatic rings. The molecule has 2 N–H and O–H groups in total. The van der Waals surface area contributed by atoms with Gasteiger partial charge in [-0.15, -0.1) is 0 Å². The summed E-state index contributed by atoms with van der Waals surface area (Å²) in [6.07, 6.45) is 0. The van der Waals surface area contributed by atoms with Gasteiger partial charge >= 0.3 is 0 Å². The topological polar surface area (TPSA) is 62.3 Å². The second-order valence-electron chi connectivity index (χ2n) is 3.86. The SMILES string of the molecule is COc1c(-c2cc(N)n(C)n2)cc(F)c(F)c1OC. The molecule has 1 aromatic heterocycles. The van der Waals surface area contributed by atoms with Gasteiger partial charge < -0.3 is 15.2 Å². The third-order valence-corrected chi connectivity index (χ3v) is 2.73. The van der Waals surface area contributed by atoms with Crippen LogP contribution >= 0.6 is 0 Å². The summed E-state index contributed by atoms with van der Waals surface area (Å²) in [4.78, 5) is 0. The largest absolute Gasteiger partial charge is 0.492 e. The lowest BCUT2D eigenvalue weighted by atomic mass is 10.1. The van der Waals surface area contributed by atoms with Crippen LogP contribution in [0.4, 0.5) is 14.6 Å². The Morgan fingerprint density at radius 2 is 1.79 bits per heavy atom. The van der Waals surface area contributed by atoms with Gasteiger partial charge in [-0.1, -0.05) is 0 Å². The summed E-state index contributed by atoms with van der Waals surface area (Å²) in [6, 6.07) is 2.53. The van der Waals surface area contributed by atoms with Crippen molar-refractivity contribution in [1.82, 2.24) is 9.78 Å². The molecule has 0 saturated carbocycles. The van der Waals surface area contributed by atoms with Crippen molar-refractivity contribution in [3.63, 3.8) is 0 Å². The van der Waals surface area contributed by atoms with E-state index in [1.54, 1.807) is 7.05 Å². The molecule has 0 unspecified atom stereocenters. The first-order valence-electron chi connectivity index (χ1n) is 5.39. The molecule has 0 spiro atoms. The van der Waals surface area contributed by atoms with E-state index in [9.17, 15) is 8.78 Å². The molecule has 102 valence electrons. The second-order valence-corrected chi connectivity index (χ2v) is 3.86. The Labute approximate surface area is 108 Å². The molecule has 2 rings (SSSR count). The van der Waals surface area contributed by atoms with E-state index in [2.05, 4.69) is 5.10 Å². The lowest BCUT2D eigenvalue weighted by molar-refractivity contribution is 0.329. The highest BCUT2D eigenvalue weighted by Crippen LogP contribution is 2.40. The summed E-state index contributed by atoms with van der Waals surface area (Å²) in [5.74, 6) is -1.99. The molecule has 5 nitrogen and oxygen atoms in total. The van der Waals surface area contributed by atoms with Crippen molar-refractivity contribution in [1.29, 1.82) is 0 Å². The summed E-state index contributed by atoms with van der Waals surface area (Å²) >= 11 is 0. The molecule has 0 radical (unpaired) electrons. The molecular weight excluding hydrogens is 256 g/mol. The van der Waals surface area contributed by atoms with Gasteiger partial charge in [-0.05, 0) is 6.07 Å². The second kappa shape index (κ2) is 4.75. The van der Waals surface area contributed by atoms with Crippen molar-refractivity contribution in [3.05, 3.63) is 23.8 Å². The van der Waals surface area contributed by atoms with E-state index >= 15 is 0 Å². The van der Waals surface area contributed by atoms with E-state index < -0.39 is 11.6 Å². The molecule has 0 fully saturated rings. The van der Waals surface area contributed by atoms with E-state index in [1.165, 1.54) is 25.0 Å². The standard InChI is InChI=1S/C12H13F2N3O2/c1-17-9(15)5-8(16-17)6-4-7(13)10(14)12(19-3)11(6)18-2/h4-5H,15H2,1-3H3. The van der Waals surface area contributed by atoms with Crippen molar-refractivity contribution >= 4 is 5.82 Å². The summed E-state index contributed by atoms with van der Waals surface area (Å²) in [6.45, 7) is 0. The maximum atomic E-state index is 13.6. The molecule has 19 heavy (non-hydrogen) atoms. The van der Waals surface area contributed by atoms with Crippen molar-refractivity contribution in [3.8, 4) is 22.8 Å². The number of anilines is 1.